The predicted octanol–water partition coefficient (Wildman–Crippen LogP) is 4.36. The molecule has 0 bridgehead atoms. The Hall–Kier alpha value is -4.36. The fraction of sp³-hybridized carbons (Fsp3) is 0.100. The van der Waals surface area contributed by atoms with E-state index in [0.29, 0.717) is 11.6 Å². The number of carbonyl (C=O) groups is 1. The Bertz CT molecular complexity index is 1400. The average Bonchev–Trinajstić information content (AvgIpc) is 2.77. The first-order valence-corrected chi connectivity index (χ1v) is 9.24. The van der Waals surface area contributed by atoms with Crippen molar-refractivity contribution in [3.63, 3.8) is 0 Å². The number of alkyl halides is 6. The number of rotatable bonds is 4. The molecule has 0 spiro atoms. The van der Waals surface area contributed by atoms with Crippen LogP contribution in [0.1, 0.15) is 21.6 Å². The maximum atomic E-state index is 13.3. The van der Waals surface area contributed by atoms with Gasteiger partial charge in [-0.1, -0.05) is 0 Å². The molecule has 4 rings (SSSR count). The zero-order valence-electron chi connectivity index (χ0n) is 16.6. The van der Waals surface area contributed by atoms with Gasteiger partial charge >= 0.3 is 12.4 Å². The van der Waals surface area contributed by atoms with Crippen LogP contribution in [-0.4, -0.2) is 30.8 Å². The minimum absolute atomic E-state index is 0.0170. The molecule has 0 aliphatic rings. The van der Waals surface area contributed by atoms with E-state index >= 15 is 0 Å². The van der Waals surface area contributed by atoms with Crippen LogP contribution in [0.4, 0.5) is 38.0 Å². The number of pyridine rings is 3. The van der Waals surface area contributed by atoms with Gasteiger partial charge in [-0.2, -0.15) is 26.3 Å². The van der Waals surface area contributed by atoms with Gasteiger partial charge in [-0.3, -0.25) is 9.78 Å². The standard InChI is InChI=1S/C20H11F6N7O/c21-19(22,23)10-2-1-6-28-14(10)13-4-3-9-12(5-7-29-17(9)31-13)32-18-30-8-11(20(24,25)26)15(33-18)16(27)34/h1-8H,(H2,27,34)(H,29,30,31,32,33). The van der Waals surface area contributed by atoms with Crippen molar-refractivity contribution in [3.05, 3.63) is 65.7 Å². The second kappa shape index (κ2) is 8.20. The summed E-state index contributed by atoms with van der Waals surface area (Å²) in [5.74, 6) is -1.78. The number of fused-ring (bicyclic) bond motifs is 1. The van der Waals surface area contributed by atoms with Gasteiger partial charge in [0.05, 0.1) is 16.9 Å². The van der Waals surface area contributed by atoms with Gasteiger partial charge in [-0.25, -0.2) is 19.9 Å². The molecule has 14 heteroatoms. The SMILES string of the molecule is NC(=O)c1nc(Nc2ccnc3nc(-c4ncccc4C(F)(F)F)ccc23)ncc1C(F)(F)F. The average molecular weight is 479 g/mol. The van der Waals surface area contributed by atoms with Crippen molar-refractivity contribution in [1.29, 1.82) is 0 Å². The molecule has 0 radical (unpaired) electrons. The fourth-order valence-corrected chi connectivity index (χ4v) is 3.07. The molecule has 4 aromatic heterocycles. The molecule has 174 valence electrons. The number of nitrogens with zero attached hydrogens (tertiary/aromatic N) is 5. The molecule has 0 saturated heterocycles. The van der Waals surface area contributed by atoms with Gasteiger partial charge in [-0.15, -0.1) is 0 Å². The lowest BCUT2D eigenvalue weighted by molar-refractivity contribution is -0.138. The minimum atomic E-state index is -4.90. The van der Waals surface area contributed by atoms with E-state index in [-0.39, 0.29) is 23.0 Å². The number of nitrogens with two attached hydrogens (primary N) is 1. The molecular weight excluding hydrogens is 468 g/mol. The Balaban J connectivity index is 1.75. The second-order valence-corrected chi connectivity index (χ2v) is 6.77. The third-order valence-corrected chi connectivity index (χ3v) is 4.53. The van der Waals surface area contributed by atoms with Gasteiger partial charge in [0, 0.05) is 24.0 Å². The molecule has 4 aromatic rings. The van der Waals surface area contributed by atoms with Crippen LogP contribution in [-0.2, 0) is 12.4 Å². The highest BCUT2D eigenvalue weighted by molar-refractivity contribution is 5.94. The normalized spacial score (nSPS) is 12.1. The molecule has 0 aromatic carbocycles. The first kappa shape index (κ1) is 22.8. The number of halogens is 6. The smallest absolute Gasteiger partial charge is 0.364 e. The maximum Gasteiger partial charge on any atom is 0.420 e. The summed E-state index contributed by atoms with van der Waals surface area (Å²) >= 11 is 0. The third kappa shape index (κ3) is 4.42. The van der Waals surface area contributed by atoms with Crippen molar-refractivity contribution in [1.82, 2.24) is 24.9 Å². The zero-order valence-corrected chi connectivity index (χ0v) is 16.6. The van der Waals surface area contributed by atoms with E-state index in [2.05, 4.69) is 30.2 Å². The van der Waals surface area contributed by atoms with Gasteiger partial charge in [0.15, 0.2) is 5.65 Å². The number of anilines is 2. The molecule has 0 atom stereocenters. The molecule has 3 N–H and O–H groups in total. The summed E-state index contributed by atoms with van der Waals surface area (Å²) in [7, 11) is 0. The van der Waals surface area contributed by atoms with Gasteiger partial charge in [0.1, 0.15) is 17.0 Å². The number of carbonyl (C=O) groups excluding carboxylic acids is 1. The van der Waals surface area contributed by atoms with E-state index in [1.54, 1.807) is 0 Å². The highest BCUT2D eigenvalue weighted by atomic mass is 19.4. The van der Waals surface area contributed by atoms with Crippen molar-refractivity contribution in [2.45, 2.75) is 12.4 Å². The summed E-state index contributed by atoms with van der Waals surface area (Å²) in [5.41, 5.74) is 1.36. The zero-order chi connectivity index (χ0) is 24.7. The number of aromatic nitrogens is 5. The molecule has 34 heavy (non-hydrogen) atoms. The second-order valence-electron chi connectivity index (χ2n) is 6.77. The van der Waals surface area contributed by atoms with Crippen molar-refractivity contribution >= 4 is 28.6 Å². The summed E-state index contributed by atoms with van der Waals surface area (Å²) < 4.78 is 79.2. The summed E-state index contributed by atoms with van der Waals surface area (Å²) in [6.07, 6.45) is -6.68. The van der Waals surface area contributed by atoms with Crippen LogP contribution in [0.15, 0.2) is 48.9 Å². The predicted molar refractivity (Wildman–Crippen MR) is 107 cm³/mol. The molecule has 0 fully saturated rings. The number of nitrogens with one attached hydrogen (secondary N) is 1. The van der Waals surface area contributed by atoms with Gasteiger partial charge in [0.2, 0.25) is 5.95 Å². The van der Waals surface area contributed by atoms with Gasteiger partial charge < -0.3 is 11.1 Å². The first-order chi connectivity index (χ1) is 15.9. The Labute approximate surface area is 185 Å². The third-order valence-electron chi connectivity index (χ3n) is 4.53. The van der Waals surface area contributed by atoms with Crippen LogP contribution in [0.2, 0.25) is 0 Å². The number of hydrogen-bond acceptors (Lipinski definition) is 7. The quantitative estimate of drug-likeness (QED) is 0.418. The molecule has 0 saturated carbocycles. The van der Waals surface area contributed by atoms with E-state index < -0.39 is 40.8 Å². The highest BCUT2D eigenvalue weighted by Crippen LogP contribution is 2.36. The van der Waals surface area contributed by atoms with Crippen LogP contribution in [0.5, 0.6) is 0 Å². The molecule has 0 aliphatic carbocycles. The van der Waals surface area contributed by atoms with E-state index in [0.717, 1.165) is 12.1 Å². The molecular formula is C20H11F6N7O. The van der Waals surface area contributed by atoms with E-state index in [4.69, 9.17) is 5.73 Å². The lowest BCUT2D eigenvalue weighted by Crippen LogP contribution is -2.21. The summed E-state index contributed by atoms with van der Waals surface area (Å²) in [5, 5.41) is 2.93. The van der Waals surface area contributed by atoms with Crippen molar-refractivity contribution in [2.75, 3.05) is 5.32 Å². The molecule has 0 unspecified atom stereocenters. The van der Waals surface area contributed by atoms with E-state index in [9.17, 15) is 31.1 Å². The van der Waals surface area contributed by atoms with Gasteiger partial charge in [0.25, 0.3) is 5.91 Å². The van der Waals surface area contributed by atoms with Crippen LogP contribution in [0, 0.1) is 0 Å². The van der Waals surface area contributed by atoms with Crippen LogP contribution < -0.4 is 11.1 Å². The molecule has 4 heterocycles. The van der Waals surface area contributed by atoms with Crippen LogP contribution in [0.3, 0.4) is 0 Å². The number of amides is 1. The number of hydrogen-bond donors (Lipinski definition) is 2. The van der Waals surface area contributed by atoms with E-state index in [1.165, 1.54) is 30.6 Å². The van der Waals surface area contributed by atoms with Crippen LogP contribution >= 0.6 is 0 Å². The van der Waals surface area contributed by atoms with Crippen molar-refractivity contribution < 1.29 is 31.1 Å². The highest BCUT2D eigenvalue weighted by Gasteiger charge is 2.37. The van der Waals surface area contributed by atoms with Gasteiger partial charge in [-0.05, 0) is 30.3 Å². The van der Waals surface area contributed by atoms with Crippen molar-refractivity contribution in [3.8, 4) is 11.4 Å². The summed E-state index contributed by atoms with van der Waals surface area (Å²) in [6, 6.07) is 6.13. The molecule has 0 aliphatic heterocycles. The van der Waals surface area contributed by atoms with Crippen LogP contribution in [0.25, 0.3) is 22.4 Å². The lowest BCUT2D eigenvalue weighted by atomic mass is 10.1. The topological polar surface area (TPSA) is 120 Å². The molecule has 1 amide bonds. The lowest BCUT2D eigenvalue weighted by Gasteiger charge is -2.13. The monoisotopic (exact) mass is 479 g/mol. The first-order valence-electron chi connectivity index (χ1n) is 9.24. The van der Waals surface area contributed by atoms with E-state index in [1.807, 2.05) is 0 Å². The Kier molecular flexibility index (Phi) is 5.51. The Morgan fingerprint density at radius 2 is 1.59 bits per heavy atom. The summed E-state index contributed by atoms with van der Waals surface area (Å²) in [4.78, 5) is 30.5. The van der Waals surface area contributed by atoms with Crippen molar-refractivity contribution in [2.24, 2.45) is 5.73 Å². The fourth-order valence-electron chi connectivity index (χ4n) is 3.07. The number of primary amides is 1. The summed E-state index contributed by atoms with van der Waals surface area (Å²) in [6.45, 7) is 0. The largest absolute Gasteiger partial charge is 0.420 e. The maximum absolute atomic E-state index is 13.3. The Morgan fingerprint density at radius 1 is 0.853 bits per heavy atom. The Morgan fingerprint density at radius 3 is 2.26 bits per heavy atom. The minimum Gasteiger partial charge on any atom is -0.364 e. The molecule has 8 nitrogen and oxygen atoms in total.